The number of aliphatic hydroxyl groups is 1. The second kappa shape index (κ2) is 6.49. The van der Waals surface area contributed by atoms with Crippen LogP contribution in [0, 0.1) is 0 Å². The molecule has 0 bridgehead atoms. The van der Waals surface area contributed by atoms with Crippen LogP contribution in [0.15, 0.2) is 48.5 Å². The third-order valence-electron chi connectivity index (χ3n) is 3.52. The lowest BCUT2D eigenvalue weighted by Crippen LogP contribution is -2.38. The van der Waals surface area contributed by atoms with E-state index in [-0.39, 0.29) is 13.2 Å². The van der Waals surface area contributed by atoms with Crippen molar-refractivity contribution in [2.24, 2.45) is 0 Å². The largest absolute Gasteiger partial charge is 0.489 e. The van der Waals surface area contributed by atoms with Gasteiger partial charge < -0.3 is 14.6 Å². The standard InChI is InChI=1S/C17H17NO4/c19-11-14-7-4-8-15-16(14)21-10-9-18(15)17(20)22-12-13-5-2-1-3-6-13/h1-8,19H,9-12H2. The van der Waals surface area contributed by atoms with E-state index in [1.165, 1.54) is 0 Å². The molecule has 1 heterocycles. The number of para-hydroxylation sites is 1. The van der Waals surface area contributed by atoms with Gasteiger partial charge in [0, 0.05) is 5.56 Å². The van der Waals surface area contributed by atoms with Crippen molar-refractivity contribution < 1.29 is 19.4 Å². The minimum Gasteiger partial charge on any atom is -0.489 e. The van der Waals surface area contributed by atoms with Gasteiger partial charge in [-0.2, -0.15) is 0 Å². The van der Waals surface area contributed by atoms with Crippen molar-refractivity contribution in [1.29, 1.82) is 0 Å². The summed E-state index contributed by atoms with van der Waals surface area (Å²) in [5.41, 5.74) is 2.24. The first-order valence-corrected chi connectivity index (χ1v) is 7.13. The van der Waals surface area contributed by atoms with Gasteiger partial charge in [-0.05, 0) is 11.6 Å². The first kappa shape index (κ1) is 14.4. The molecule has 0 aromatic heterocycles. The molecule has 0 saturated heterocycles. The van der Waals surface area contributed by atoms with Crippen LogP contribution in [-0.2, 0) is 18.0 Å². The monoisotopic (exact) mass is 299 g/mol. The van der Waals surface area contributed by atoms with Crippen LogP contribution >= 0.6 is 0 Å². The summed E-state index contributed by atoms with van der Waals surface area (Å²) in [6, 6.07) is 14.9. The number of fused-ring (bicyclic) bond motifs is 1. The fourth-order valence-electron chi connectivity index (χ4n) is 2.42. The molecule has 0 atom stereocenters. The average molecular weight is 299 g/mol. The zero-order chi connectivity index (χ0) is 15.4. The molecule has 0 saturated carbocycles. The Hall–Kier alpha value is -2.53. The Bertz CT molecular complexity index is 657. The van der Waals surface area contributed by atoms with Gasteiger partial charge in [0.25, 0.3) is 0 Å². The van der Waals surface area contributed by atoms with Crippen LogP contribution in [0.2, 0.25) is 0 Å². The van der Waals surface area contributed by atoms with Crippen LogP contribution in [0.5, 0.6) is 5.75 Å². The van der Waals surface area contributed by atoms with Crippen molar-refractivity contribution in [2.45, 2.75) is 13.2 Å². The maximum Gasteiger partial charge on any atom is 0.414 e. The Morgan fingerprint density at radius 3 is 2.77 bits per heavy atom. The molecule has 2 aromatic rings. The van der Waals surface area contributed by atoms with Crippen molar-refractivity contribution in [3.05, 3.63) is 59.7 Å². The van der Waals surface area contributed by atoms with Gasteiger partial charge in [0.05, 0.1) is 18.8 Å². The summed E-state index contributed by atoms with van der Waals surface area (Å²) in [5, 5.41) is 9.36. The first-order valence-electron chi connectivity index (χ1n) is 7.13. The lowest BCUT2D eigenvalue weighted by Gasteiger charge is -2.29. The fourth-order valence-corrected chi connectivity index (χ4v) is 2.42. The van der Waals surface area contributed by atoms with Gasteiger partial charge in [0.15, 0.2) is 0 Å². The van der Waals surface area contributed by atoms with Crippen molar-refractivity contribution in [1.82, 2.24) is 0 Å². The van der Waals surface area contributed by atoms with Gasteiger partial charge in [-0.1, -0.05) is 42.5 Å². The third-order valence-corrected chi connectivity index (χ3v) is 3.52. The molecule has 0 fully saturated rings. The third kappa shape index (κ3) is 2.89. The molecular weight excluding hydrogens is 282 g/mol. The second-order valence-electron chi connectivity index (χ2n) is 4.96. The molecule has 0 radical (unpaired) electrons. The molecule has 0 spiro atoms. The zero-order valence-corrected chi connectivity index (χ0v) is 12.1. The number of carbonyl (C=O) groups excluding carboxylic acids is 1. The van der Waals surface area contributed by atoms with Crippen LogP contribution in [0.25, 0.3) is 0 Å². The van der Waals surface area contributed by atoms with E-state index in [0.717, 1.165) is 5.56 Å². The van der Waals surface area contributed by atoms with Gasteiger partial charge in [-0.25, -0.2) is 4.79 Å². The van der Waals surface area contributed by atoms with E-state index < -0.39 is 6.09 Å². The molecule has 0 unspecified atom stereocenters. The molecule has 22 heavy (non-hydrogen) atoms. The lowest BCUT2D eigenvalue weighted by molar-refractivity contribution is 0.143. The summed E-state index contributed by atoms with van der Waals surface area (Å²) in [4.78, 5) is 13.9. The number of nitrogens with zero attached hydrogens (tertiary/aromatic N) is 1. The van der Waals surface area contributed by atoms with Gasteiger partial charge in [0.2, 0.25) is 0 Å². The second-order valence-corrected chi connectivity index (χ2v) is 4.96. The number of ether oxygens (including phenoxy) is 2. The fraction of sp³-hybridized carbons (Fsp3) is 0.235. The normalized spacial score (nSPS) is 13.2. The quantitative estimate of drug-likeness (QED) is 0.946. The van der Waals surface area contributed by atoms with Crippen molar-refractivity contribution in [3.8, 4) is 5.75 Å². The summed E-state index contributed by atoms with van der Waals surface area (Å²) in [6.07, 6.45) is -0.413. The van der Waals surface area contributed by atoms with Crippen LogP contribution in [0.4, 0.5) is 10.5 Å². The Balaban J connectivity index is 1.75. The minimum atomic E-state index is -0.413. The van der Waals surface area contributed by atoms with Crippen LogP contribution in [0.3, 0.4) is 0 Å². The average Bonchev–Trinajstić information content (AvgIpc) is 2.59. The number of amides is 1. The van der Waals surface area contributed by atoms with E-state index in [1.54, 1.807) is 23.1 Å². The topological polar surface area (TPSA) is 59.0 Å². The molecule has 1 aliphatic rings. The van der Waals surface area contributed by atoms with E-state index in [1.807, 2.05) is 30.3 Å². The Kier molecular flexibility index (Phi) is 4.25. The summed E-state index contributed by atoms with van der Waals surface area (Å²) >= 11 is 0. The molecule has 5 nitrogen and oxygen atoms in total. The molecular formula is C17H17NO4. The molecule has 3 rings (SSSR count). The predicted molar refractivity (Wildman–Crippen MR) is 81.8 cm³/mol. The molecule has 2 aromatic carbocycles. The number of aliphatic hydroxyl groups excluding tert-OH is 1. The highest BCUT2D eigenvalue weighted by atomic mass is 16.6. The molecule has 1 amide bonds. The Morgan fingerprint density at radius 2 is 2.00 bits per heavy atom. The van der Waals surface area contributed by atoms with E-state index >= 15 is 0 Å². The first-order chi connectivity index (χ1) is 10.8. The summed E-state index contributed by atoms with van der Waals surface area (Å²) in [7, 11) is 0. The summed E-state index contributed by atoms with van der Waals surface area (Å²) in [5.74, 6) is 0.549. The Labute approximate surface area is 128 Å². The van der Waals surface area contributed by atoms with Crippen LogP contribution in [0.1, 0.15) is 11.1 Å². The van der Waals surface area contributed by atoms with Gasteiger partial charge in [-0.3, -0.25) is 4.90 Å². The molecule has 5 heteroatoms. The Morgan fingerprint density at radius 1 is 1.18 bits per heavy atom. The van der Waals surface area contributed by atoms with Crippen LogP contribution in [-0.4, -0.2) is 24.4 Å². The molecule has 114 valence electrons. The minimum absolute atomic E-state index is 0.129. The van der Waals surface area contributed by atoms with E-state index in [0.29, 0.717) is 30.2 Å². The number of hydrogen-bond donors (Lipinski definition) is 1. The maximum atomic E-state index is 12.3. The number of carbonyl (C=O) groups is 1. The van der Waals surface area contributed by atoms with E-state index in [4.69, 9.17) is 9.47 Å². The SMILES string of the molecule is O=C(OCc1ccccc1)N1CCOc2c(CO)cccc21. The predicted octanol–water partition coefficient (Wildman–Crippen LogP) is 2.71. The maximum absolute atomic E-state index is 12.3. The summed E-state index contributed by atoms with van der Waals surface area (Å²) < 4.78 is 10.9. The number of rotatable bonds is 3. The molecule has 0 aliphatic carbocycles. The number of hydrogen-bond acceptors (Lipinski definition) is 4. The highest BCUT2D eigenvalue weighted by Crippen LogP contribution is 2.35. The van der Waals surface area contributed by atoms with E-state index in [2.05, 4.69) is 0 Å². The van der Waals surface area contributed by atoms with Gasteiger partial charge >= 0.3 is 6.09 Å². The number of benzene rings is 2. The van der Waals surface area contributed by atoms with Crippen molar-refractivity contribution in [3.63, 3.8) is 0 Å². The molecule has 1 N–H and O–H groups in total. The van der Waals surface area contributed by atoms with Crippen molar-refractivity contribution >= 4 is 11.8 Å². The number of anilines is 1. The van der Waals surface area contributed by atoms with E-state index in [9.17, 15) is 9.90 Å². The van der Waals surface area contributed by atoms with Gasteiger partial charge in [-0.15, -0.1) is 0 Å². The van der Waals surface area contributed by atoms with Crippen LogP contribution < -0.4 is 9.64 Å². The highest BCUT2D eigenvalue weighted by Gasteiger charge is 2.26. The molecule has 1 aliphatic heterocycles. The lowest BCUT2D eigenvalue weighted by atomic mass is 10.1. The zero-order valence-electron chi connectivity index (χ0n) is 12.1. The van der Waals surface area contributed by atoms with Gasteiger partial charge in [0.1, 0.15) is 19.0 Å². The highest BCUT2D eigenvalue weighted by molar-refractivity contribution is 5.90. The smallest absolute Gasteiger partial charge is 0.414 e. The van der Waals surface area contributed by atoms with Crippen molar-refractivity contribution in [2.75, 3.05) is 18.1 Å². The summed E-state index contributed by atoms with van der Waals surface area (Å²) in [6.45, 7) is 0.905.